The minimum atomic E-state index is 0. The predicted octanol–water partition coefficient (Wildman–Crippen LogP) is 3.55. The Kier molecular flexibility index (Phi) is 8.81. The van der Waals surface area contributed by atoms with E-state index >= 15 is 0 Å². The fourth-order valence-electron chi connectivity index (χ4n) is 4.77. The number of rotatable bonds is 6. The van der Waals surface area contributed by atoms with Crippen LogP contribution in [0.3, 0.4) is 0 Å². The second-order valence-corrected chi connectivity index (χ2v) is 8.67. The number of benzene rings is 1. The minimum Gasteiger partial charge on any atom is -0.497 e. The zero-order valence-corrected chi connectivity index (χ0v) is 21.7. The number of halogens is 1. The van der Waals surface area contributed by atoms with Crippen LogP contribution in [-0.4, -0.2) is 67.1 Å². The van der Waals surface area contributed by atoms with Crippen molar-refractivity contribution in [3.8, 4) is 5.75 Å². The van der Waals surface area contributed by atoms with Crippen LogP contribution in [0.1, 0.15) is 43.2 Å². The Morgan fingerprint density at radius 2 is 2.03 bits per heavy atom. The number of nitrogens with zero attached hydrogens (tertiary/aromatic N) is 4. The molecule has 1 N–H and O–H groups in total. The number of likely N-dealkylation sites (tertiary alicyclic amines) is 1. The lowest BCUT2D eigenvalue weighted by Gasteiger charge is -2.37. The van der Waals surface area contributed by atoms with E-state index in [0.717, 1.165) is 70.4 Å². The van der Waals surface area contributed by atoms with Crippen molar-refractivity contribution in [2.45, 2.75) is 37.5 Å². The number of ether oxygens (including phenoxy) is 2. The van der Waals surface area contributed by atoms with Crippen LogP contribution in [0.5, 0.6) is 5.75 Å². The first-order valence-electron chi connectivity index (χ1n) is 11.4. The van der Waals surface area contributed by atoms with Crippen LogP contribution in [-0.2, 0) is 17.2 Å². The van der Waals surface area contributed by atoms with E-state index in [2.05, 4.69) is 52.7 Å². The van der Waals surface area contributed by atoms with Gasteiger partial charge in [0.2, 0.25) is 0 Å². The summed E-state index contributed by atoms with van der Waals surface area (Å²) in [7, 11) is 3.69. The van der Waals surface area contributed by atoms with Gasteiger partial charge in [-0.25, -0.2) is 0 Å². The van der Waals surface area contributed by atoms with E-state index in [-0.39, 0.29) is 29.4 Å². The second-order valence-electron chi connectivity index (χ2n) is 8.67. The fraction of sp³-hybridized carbons (Fsp3) is 0.583. The van der Waals surface area contributed by atoms with Crippen molar-refractivity contribution >= 4 is 29.9 Å². The molecule has 4 rings (SSSR count). The highest BCUT2D eigenvalue weighted by Gasteiger charge is 2.35. The first kappa shape index (κ1) is 24.8. The molecule has 2 fully saturated rings. The number of methoxy groups -OCH3 is 1. The van der Waals surface area contributed by atoms with Gasteiger partial charge in [-0.3, -0.25) is 9.67 Å². The van der Waals surface area contributed by atoms with Gasteiger partial charge in [0.15, 0.2) is 5.96 Å². The quantitative estimate of drug-likeness (QED) is 0.337. The molecule has 8 heteroatoms. The molecule has 1 aromatic heterocycles. The van der Waals surface area contributed by atoms with Crippen molar-refractivity contribution in [1.29, 1.82) is 0 Å². The van der Waals surface area contributed by atoms with E-state index in [1.54, 1.807) is 7.11 Å². The number of hydrogen-bond acceptors (Lipinski definition) is 4. The first-order valence-corrected chi connectivity index (χ1v) is 11.4. The lowest BCUT2D eigenvalue weighted by atomic mass is 9.74. The number of hydrogen-bond donors (Lipinski definition) is 1. The van der Waals surface area contributed by atoms with E-state index < -0.39 is 0 Å². The molecule has 0 radical (unpaired) electrons. The molecule has 1 unspecified atom stereocenters. The number of aromatic nitrogens is 2. The number of nitrogens with one attached hydrogen (secondary N) is 1. The normalized spacial score (nSPS) is 20.7. The van der Waals surface area contributed by atoms with E-state index in [4.69, 9.17) is 14.5 Å². The summed E-state index contributed by atoms with van der Waals surface area (Å²) in [5, 5.41) is 7.88. The van der Waals surface area contributed by atoms with Crippen LogP contribution in [0, 0.1) is 0 Å². The SMILES string of the molecule is CCNC(=NCC1(c2ccc(OC)cc2)CCOCC1)N1CCC(c2cnn(C)c2)C1.I. The van der Waals surface area contributed by atoms with Crippen molar-refractivity contribution in [3.63, 3.8) is 0 Å². The Morgan fingerprint density at radius 3 is 2.66 bits per heavy atom. The molecule has 1 atom stereocenters. The maximum Gasteiger partial charge on any atom is 0.193 e. The van der Waals surface area contributed by atoms with Gasteiger partial charge in [-0.1, -0.05) is 12.1 Å². The zero-order valence-electron chi connectivity index (χ0n) is 19.4. The second kappa shape index (κ2) is 11.4. The van der Waals surface area contributed by atoms with Gasteiger partial charge in [0.1, 0.15) is 5.75 Å². The molecule has 0 amide bonds. The summed E-state index contributed by atoms with van der Waals surface area (Å²) in [6.45, 7) is 7.33. The van der Waals surface area contributed by atoms with Crippen LogP contribution >= 0.6 is 24.0 Å². The highest BCUT2D eigenvalue weighted by atomic mass is 127. The fourth-order valence-corrected chi connectivity index (χ4v) is 4.77. The van der Waals surface area contributed by atoms with Crippen LogP contribution in [0.25, 0.3) is 0 Å². The zero-order chi connectivity index (χ0) is 21.7. The summed E-state index contributed by atoms with van der Waals surface area (Å²) in [4.78, 5) is 7.57. The molecule has 0 spiro atoms. The van der Waals surface area contributed by atoms with Gasteiger partial charge in [-0.2, -0.15) is 5.10 Å². The van der Waals surface area contributed by atoms with Gasteiger partial charge in [-0.15, -0.1) is 24.0 Å². The molecule has 2 aliphatic heterocycles. The highest BCUT2D eigenvalue weighted by Crippen LogP contribution is 2.36. The molecule has 0 aliphatic carbocycles. The van der Waals surface area contributed by atoms with Crippen molar-refractivity contribution in [1.82, 2.24) is 20.0 Å². The Labute approximate surface area is 208 Å². The van der Waals surface area contributed by atoms with Crippen LogP contribution in [0.2, 0.25) is 0 Å². The summed E-state index contributed by atoms with van der Waals surface area (Å²) in [6, 6.07) is 8.50. The average molecular weight is 553 g/mol. The maximum atomic E-state index is 5.70. The molecule has 7 nitrogen and oxygen atoms in total. The van der Waals surface area contributed by atoms with Crippen molar-refractivity contribution < 1.29 is 9.47 Å². The number of guanidine groups is 1. The third-order valence-corrected chi connectivity index (χ3v) is 6.70. The minimum absolute atomic E-state index is 0. The summed E-state index contributed by atoms with van der Waals surface area (Å²) >= 11 is 0. The molecular formula is C24H36IN5O2. The first-order chi connectivity index (χ1) is 15.1. The molecule has 1 aromatic carbocycles. The van der Waals surface area contributed by atoms with Gasteiger partial charge in [-0.05, 0) is 49.4 Å². The van der Waals surface area contributed by atoms with Gasteiger partial charge in [0, 0.05) is 57.4 Å². The van der Waals surface area contributed by atoms with Crippen molar-refractivity contribution in [2.24, 2.45) is 12.0 Å². The average Bonchev–Trinajstić information content (AvgIpc) is 3.46. The smallest absolute Gasteiger partial charge is 0.193 e. The largest absolute Gasteiger partial charge is 0.497 e. The molecule has 2 aromatic rings. The van der Waals surface area contributed by atoms with E-state index in [9.17, 15) is 0 Å². The van der Waals surface area contributed by atoms with Gasteiger partial charge in [0.05, 0.1) is 19.9 Å². The summed E-state index contributed by atoms with van der Waals surface area (Å²) < 4.78 is 13.0. The Bertz CT molecular complexity index is 877. The Hall–Kier alpha value is -1.81. The third-order valence-electron chi connectivity index (χ3n) is 6.70. The summed E-state index contributed by atoms with van der Waals surface area (Å²) in [5.74, 6) is 2.42. The van der Waals surface area contributed by atoms with Crippen LogP contribution in [0.15, 0.2) is 41.7 Å². The summed E-state index contributed by atoms with van der Waals surface area (Å²) in [6.07, 6.45) is 7.24. The van der Waals surface area contributed by atoms with Crippen LogP contribution < -0.4 is 10.1 Å². The predicted molar refractivity (Wildman–Crippen MR) is 138 cm³/mol. The standard InChI is InChI=1S/C24H35N5O2.HI/c1-4-25-23(29-12-9-19(17-29)20-15-27-28(2)16-20)26-18-24(10-13-31-14-11-24)21-5-7-22(30-3)8-6-21;/h5-8,15-16,19H,4,9-14,17-18H2,1-3H3,(H,25,26);1H. The van der Waals surface area contributed by atoms with Crippen LogP contribution in [0.4, 0.5) is 0 Å². The molecule has 0 saturated carbocycles. The van der Waals surface area contributed by atoms with E-state index in [1.165, 1.54) is 11.1 Å². The molecule has 2 aliphatic rings. The monoisotopic (exact) mass is 553 g/mol. The van der Waals surface area contributed by atoms with E-state index in [0.29, 0.717) is 5.92 Å². The van der Waals surface area contributed by atoms with Gasteiger partial charge in [0.25, 0.3) is 0 Å². The van der Waals surface area contributed by atoms with E-state index in [1.807, 2.05) is 17.9 Å². The molecule has 0 bridgehead atoms. The third kappa shape index (κ3) is 5.57. The summed E-state index contributed by atoms with van der Waals surface area (Å²) in [5.41, 5.74) is 2.65. The lowest BCUT2D eigenvalue weighted by molar-refractivity contribution is 0.0530. The van der Waals surface area contributed by atoms with Crippen molar-refractivity contribution in [3.05, 3.63) is 47.8 Å². The Morgan fingerprint density at radius 1 is 1.28 bits per heavy atom. The number of aryl methyl sites for hydroxylation is 1. The molecule has 2 saturated heterocycles. The molecule has 176 valence electrons. The highest BCUT2D eigenvalue weighted by molar-refractivity contribution is 14.0. The Balaban J connectivity index is 0.00000289. The topological polar surface area (TPSA) is 63.9 Å². The number of aliphatic imine (C=N–C) groups is 1. The van der Waals surface area contributed by atoms with Crippen molar-refractivity contribution in [2.75, 3.05) is 46.5 Å². The lowest BCUT2D eigenvalue weighted by Crippen LogP contribution is -2.42. The van der Waals surface area contributed by atoms with Gasteiger partial charge < -0.3 is 19.7 Å². The molecular weight excluding hydrogens is 517 g/mol. The molecule has 32 heavy (non-hydrogen) atoms. The maximum absolute atomic E-state index is 5.70. The van der Waals surface area contributed by atoms with Gasteiger partial charge >= 0.3 is 0 Å². The molecule has 3 heterocycles.